The number of nitrogens with zero attached hydrogens (tertiary/aromatic N) is 2. The molecule has 0 bridgehead atoms. The Bertz CT molecular complexity index is 649. The van der Waals surface area contributed by atoms with Crippen molar-refractivity contribution in [1.29, 1.82) is 0 Å². The van der Waals surface area contributed by atoms with E-state index >= 15 is 0 Å². The Labute approximate surface area is 127 Å². The molecule has 2 aromatic rings. The molecule has 22 heavy (non-hydrogen) atoms. The van der Waals surface area contributed by atoms with Gasteiger partial charge in [0.25, 0.3) is 0 Å². The van der Waals surface area contributed by atoms with E-state index in [1.54, 1.807) is 18.5 Å². The van der Waals surface area contributed by atoms with Crippen LogP contribution in [0.15, 0.2) is 18.2 Å². The molecule has 1 aromatic carbocycles. The number of benzene rings is 1. The Morgan fingerprint density at radius 2 is 2.00 bits per heavy atom. The summed E-state index contributed by atoms with van der Waals surface area (Å²) < 4.78 is 40.0. The van der Waals surface area contributed by atoms with Gasteiger partial charge in [0, 0.05) is 7.05 Å². The lowest BCUT2D eigenvalue weighted by atomic mass is 10.2. The number of alkyl halides is 3. The molecule has 2 atom stereocenters. The highest BCUT2D eigenvalue weighted by Crippen LogP contribution is 2.31. The third kappa shape index (κ3) is 3.59. The Hall–Kier alpha value is -1.60. The molecule has 0 saturated carbocycles. The van der Waals surface area contributed by atoms with E-state index in [-0.39, 0.29) is 6.04 Å². The molecule has 0 spiro atoms. The highest BCUT2D eigenvalue weighted by Gasteiger charge is 2.31. The topological polar surface area (TPSA) is 50.1 Å². The van der Waals surface area contributed by atoms with Crippen molar-refractivity contribution in [2.24, 2.45) is 7.05 Å². The standard InChI is InChI=1S/C15H20F3N3O/c1-9(22)6-7-19-10(2)14-20-12-8-11(15(16,17)18)4-5-13(12)21(14)3/h4-5,8-10,19,22H,6-7H2,1-3H3/t9-,10-/m1/s1. The predicted molar refractivity (Wildman–Crippen MR) is 78.4 cm³/mol. The molecule has 0 radical (unpaired) electrons. The van der Waals surface area contributed by atoms with E-state index in [9.17, 15) is 18.3 Å². The van der Waals surface area contributed by atoms with Crippen molar-refractivity contribution >= 4 is 11.0 Å². The zero-order chi connectivity index (χ0) is 16.5. The molecule has 0 unspecified atom stereocenters. The van der Waals surface area contributed by atoms with Crippen LogP contribution < -0.4 is 5.32 Å². The van der Waals surface area contributed by atoms with Gasteiger partial charge in [-0.05, 0) is 45.0 Å². The van der Waals surface area contributed by atoms with Crippen molar-refractivity contribution in [1.82, 2.24) is 14.9 Å². The maximum absolute atomic E-state index is 12.8. The van der Waals surface area contributed by atoms with E-state index in [1.165, 1.54) is 6.07 Å². The third-order valence-corrected chi connectivity index (χ3v) is 3.64. The monoisotopic (exact) mass is 315 g/mol. The van der Waals surface area contributed by atoms with Gasteiger partial charge in [0.05, 0.1) is 28.7 Å². The lowest BCUT2D eigenvalue weighted by molar-refractivity contribution is -0.137. The van der Waals surface area contributed by atoms with Crippen LogP contribution in [-0.2, 0) is 13.2 Å². The van der Waals surface area contributed by atoms with Crippen molar-refractivity contribution in [3.63, 3.8) is 0 Å². The average molecular weight is 315 g/mol. The Kier molecular flexibility index (Phi) is 4.77. The van der Waals surface area contributed by atoms with E-state index in [0.717, 1.165) is 12.1 Å². The quantitative estimate of drug-likeness (QED) is 0.892. The van der Waals surface area contributed by atoms with Crippen molar-refractivity contribution in [3.8, 4) is 0 Å². The number of aromatic nitrogens is 2. The lowest BCUT2D eigenvalue weighted by Gasteiger charge is -2.14. The average Bonchev–Trinajstić information content (AvgIpc) is 2.74. The van der Waals surface area contributed by atoms with Crippen LogP contribution in [0, 0.1) is 0 Å². The summed E-state index contributed by atoms with van der Waals surface area (Å²) in [5, 5.41) is 12.5. The molecule has 1 heterocycles. The minimum absolute atomic E-state index is 0.120. The van der Waals surface area contributed by atoms with Gasteiger partial charge in [0.1, 0.15) is 5.82 Å². The molecule has 0 saturated heterocycles. The first kappa shape index (κ1) is 16.8. The fourth-order valence-corrected chi connectivity index (χ4v) is 2.38. The maximum Gasteiger partial charge on any atom is 0.416 e. The zero-order valence-electron chi connectivity index (χ0n) is 12.8. The van der Waals surface area contributed by atoms with Crippen LogP contribution in [0.2, 0.25) is 0 Å². The second-order valence-corrected chi connectivity index (χ2v) is 5.54. The van der Waals surface area contributed by atoms with Crippen molar-refractivity contribution in [2.75, 3.05) is 6.54 Å². The summed E-state index contributed by atoms with van der Waals surface area (Å²) >= 11 is 0. The molecular weight excluding hydrogens is 295 g/mol. The fraction of sp³-hybridized carbons (Fsp3) is 0.533. The maximum atomic E-state index is 12.8. The van der Waals surface area contributed by atoms with Crippen LogP contribution >= 0.6 is 0 Å². The van der Waals surface area contributed by atoms with E-state index in [2.05, 4.69) is 10.3 Å². The predicted octanol–water partition coefficient (Wildman–Crippen LogP) is 3.01. The number of aliphatic hydroxyl groups is 1. The minimum atomic E-state index is -4.37. The normalized spacial score (nSPS) is 15.2. The molecule has 2 rings (SSSR count). The number of nitrogens with one attached hydrogen (secondary N) is 1. The van der Waals surface area contributed by atoms with Gasteiger partial charge in [0.15, 0.2) is 0 Å². The SMILES string of the molecule is C[C@@H](O)CCN[C@H](C)c1nc2cc(C(F)(F)F)ccc2n1C. The van der Waals surface area contributed by atoms with E-state index in [1.807, 2.05) is 6.92 Å². The molecule has 7 heteroatoms. The molecule has 2 N–H and O–H groups in total. The van der Waals surface area contributed by atoms with Gasteiger partial charge < -0.3 is 15.0 Å². The molecule has 4 nitrogen and oxygen atoms in total. The molecule has 1 aromatic heterocycles. The van der Waals surface area contributed by atoms with Crippen LogP contribution in [0.4, 0.5) is 13.2 Å². The number of imidazole rings is 1. The summed E-state index contributed by atoms with van der Waals surface area (Å²) in [7, 11) is 1.78. The van der Waals surface area contributed by atoms with E-state index in [0.29, 0.717) is 29.8 Å². The number of aryl methyl sites for hydroxylation is 1. The number of halogens is 3. The second-order valence-electron chi connectivity index (χ2n) is 5.54. The molecule has 0 aliphatic rings. The molecule has 0 amide bonds. The first-order valence-electron chi connectivity index (χ1n) is 7.15. The van der Waals surface area contributed by atoms with Crippen LogP contribution in [0.25, 0.3) is 11.0 Å². The van der Waals surface area contributed by atoms with Crippen LogP contribution in [-0.4, -0.2) is 27.3 Å². The van der Waals surface area contributed by atoms with Gasteiger partial charge in [-0.25, -0.2) is 4.98 Å². The molecule has 0 fully saturated rings. The van der Waals surface area contributed by atoms with Crippen molar-refractivity contribution in [2.45, 2.75) is 38.6 Å². The molecule has 0 aliphatic heterocycles. The van der Waals surface area contributed by atoms with Crippen molar-refractivity contribution in [3.05, 3.63) is 29.6 Å². The summed E-state index contributed by atoms with van der Waals surface area (Å²) in [6, 6.07) is 3.46. The Morgan fingerprint density at radius 3 is 2.59 bits per heavy atom. The number of hydrogen-bond donors (Lipinski definition) is 2. The zero-order valence-corrected chi connectivity index (χ0v) is 12.8. The minimum Gasteiger partial charge on any atom is -0.393 e. The highest BCUT2D eigenvalue weighted by molar-refractivity contribution is 5.77. The van der Waals surface area contributed by atoms with Gasteiger partial charge in [-0.2, -0.15) is 13.2 Å². The third-order valence-electron chi connectivity index (χ3n) is 3.64. The van der Waals surface area contributed by atoms with Crippen molar-refractivity contribution < 1.29 is 18.3 Å². The Balaban J connectivity index is 2.26. The van der Waals surface area contributed by atoms with Crippen LogP contribution in [0.1, 0.15) is 37.7 Å². The number of aliphatic hydroxyl groups excluding tert-OH is 1. The molecular formula is C15H20F3N3O. The Morgan fingerprint density at radius 1 is 1.32 bits per heavy atom. The lowest BCUT2D eigenvalue weighted by Crippen LogP contribution is -2.24. The smallest absolute Gasteiger partial charge is 0.393 e. The van der Waals surface area contributed by atoms with Crippen LogP contribution in [0.5, 0.6) is 0 Å². The number of hydrogen-bond acceptors (Lipinski definition) is 3. The first-order valence-corrected chi connectivity index (χ1v) is 7.15. The summed E-state index contributed by atoms with van der Waals surface area (Å²) in [6.07, 6.45) is -4.16. The number of fused-ring (bicyclic) bond motifs is 1. The van der Waals surface area contributed by atoms with Gasteiger partial charge in [-0.3, -0.25) is 0 Å². The largest absolute Gasteiger partial charge is 0.416 e. The van der Waals surface area contributed by atoms with Gasteiger partial charge >= 0.3 is 6.18 Å². The first-order chi connectivity index (χ1) is 10.2. The number of rotatable bonds is 5. The summed E-state index contributed by atoms with van der Waals surface area (Å²) in [5.41, 5.74) is 0.294. The summed E-state index contributed by atoms with van der Waals surface area (Å²) in [5.74, 6) is 0.667. The fourth-order valence-electron chi connectivity index (χ4n) is 2.38. The van der Waals surface area contributed by atoms with Crippen LogP contribution in [0.3, 0.4) is 0 Å². The van der Waals surface area contributed by atoms with Gasteiger partial charge in [-0.15, -0.1) is 0 Å². The summed E-state index contributed by atoms with van der Waals surface area (Å²) in [4.78, 5) is 4.32. The molecule has 0 aliphatic carbocycles. The van der Waals surface area contributed by atoms with Gasteiger partial charge in [0.2, 0.25) is 0 Å². The highest BCUT2D eigenvalue weighted by atomic mass is 19.4. The molecule has 122 valence electrons. The van der Waals surface area contributed by atoms with Gasteiger partial charge in [-0.1, -0.05) is 0 Å². The summed E-state index contributed by atoms with van der Waals surface area (Å²) in [6.45, 7) is 4.21. The van der Waals surface area contributed by atoms with E-state index < -0.39 is 17.8 Å². The second kappa shape index (κ2) is 6.26. The van der Waals surface area contributed by atoms with E-state index in [4.69, 9.17) is 0 Å².